The molecule has 1 aromatic carbocycles. The van der Waals surface area contributed by atoms with Crippen molar-refractivity contribution in [3.8, 4) is 5.75 Å². The molecular formula is C11H13NO3. The summed E-state index contributed by atoms with van der Waals surface area (Å²) in [5.74, 6) is -0.128. The van der Waals surface area contributed by atoms with Gasteiger partial charge in [-0.25, -0.2) is 4.79 Å². The Hall–Kier alpha value is -1.71. The van der Waals surface area contributed by atoms with Gasteiger partial charge >= 0.3 is 5.97 Å². The summed E-state index contributed by atoms with van der Waals surface area (Å²) in [5, 5.41) is 12.2. The molecule has 2 rings (SSSR count). The van der Waals surface area contributed by atoms with Crippen molar-refractivity contribution in [1.29, 1.82) is 0 Å². The largest absolute Gasteiger partial charge is 0.490 e. The highest BCUT2D eigenvalue weighted by atomic mass is 16.5. The van der Waals surface area contributed by atoms with Gasteiger partial charge < -0.3 is 15.2 Å². The minimum absolute atomic E-state index is 0.217. The Morgan fingerprint density at radius 3 is 3.13 bits per heavy atom. The van der Waals surface area contributed by atoms with Crippen molar-refractivity contribution in [2.75, 3.05) is 18.5 Å². The molecular weight excluding hydrogens is 194 g/mol. The maximum atomic E-state index is 11.0. The highest BCUT2D eigenvalue weighted by Gasteiger charge is 2.19. The van der Waals surface area contributed by atoms with Gasteiger partial charge in [-0.15, -0.1) is 0 Å². The van der Waals surface area contributed by atoms with E-state index in [1.807, 2.05) is 6.07 Å². The van der Waals surface area contributed by atoms with E-state index in [0.717, 1.165) is 12.2 Å². The van der Waals surface area contributed by atoms with E-state index in [2.05, 4.69) is 12.2 Å². The number of fused-ring (bicyclic) bond motifs is 1. The molecule has 1 unspecified atom stereocenters. The van der Waals surface area contributed by atoms with Crippen LogP contribution >= 0.6 is 0 Å². The predicted octanol–water partition coefficient (Wildman–Crippen LogP) is 1.83. The van der Waals surface area contributed by atoms with Crippen LogP contribution in [0.3, 0.4) is 0 Å². The van der Waals surface area contributed by atoms with E-state index in [1.54, 1.807) is 12.1 Å². The molecule has 4 nitrogen and oxygen atoms in total. The fourth-order valence-electron chi connectivity index (χ4n) is 1.57. The van der Waals surface area contributed by atoms with E-state index in [1.165, 1.54) is 0 Å². The molecule has 1 aliphatic rings. The van der Waals surface area contributed by atoms with Crippen molar-refractivity contribution < 1.29 is 14.6 Å². The first kappa shape index (κ1) is 9.83. The van der Waals surface area contributed by atoms with Crippen molar-refractivity contribution in [2.45, 2.75) is 6.92 Å². The molecule has 1 aromatic rings. The summed E-state index contributed by atoms with van der Waals surface area (Å²) in [7, 11) is 0. The first-order chi connectivity index (χ1) is 7.18. The monoisotopic (exact) mass is 207 g/mol. The Morgan fingerprint density at radius 2 is 2.40 bits per heavy atom. The van der Waals surface area contributed by atoms with Gasteiger partial charge in [-0.05, 0) is 12.1 Å². The molecule has 4 heteroatoms. The smallest absolute Gasteiger partial charge is 0.339 e. The maximum absolute atomic E-state index is 11.0. The standard InChI is InChI=1S/C11H13NO3/c1-7-5-12-9-4-2-3-8(11(13)14)10(9)15-6-7/h2-4,7,12H,5-6H2,1H3,(H,13,14). The molecule has 80 valence electrons. The first-order valence-electron chi connectivity index (χ1n) is 4.91. The first-order valence-corrected chi connectivity index (χ1v) is 4.91. The molecule has 0 saturated heterocycles. The molecule has 1 aliphatic heterocycles. The minimum Gasteiger partial charge on any atom is -0.490 e. The van der Waals surface area contributed by atoms with E-state index in [4.69, 9.17) is 9.84 Å². The molecule has 0 aliphatic carbocycles. The number of ether oxygens (including phenoxy) is 1. The number of carbonyl (C=O) groups is 1. The predicted molar refractivity (Wildman–Crippen MR) is 56.6 cm³/mol. The molecule has 0 amide bonds. The van der Waals surface area contributed by atoms with E-state index < -0.39 is 5.97 Å². The fraction of sp³-hybridized carbons (Fsp3) is 0.364. The summed E-state index contributed by atoms with van der Waals surface area (Å²) in [5.41, 5.74) is 0.980. The van der Waals surface area contributed by atoms with Crippen molar-refractivity contribution >= 4 is 11.7 Å². The lowest BCUT2D eigenvalue weighted by Gasteiger charge is -2.09. The van der Waals surface area contributed by atoms with Crippen LogP contribution in [-0.2, 0) is 0 Å². The molecule has 0 aromatic heterocycles. The fourth-order valence-corrected chi connectivity index (χ4v) is 1.57. The third-order valence-corrected chi connectivity index (χ3v) is 2.40. The Bertz CT molecular complexity index is 389. The summed E-state index contributed by atoms with van der Waals surface area (Å²) >= 11 is 0. The number of para-hydroxylation sites is 1. The number of carboxylic acid groups (broad SMARTS) is 1. The van der Waals surface area contributed by atoms with E-state index in [0.29, 0.717) is 18.3 Å². The number of nitrogens with one attached hydrogen (secondary N) is 1. The summed E-state index contributed by atoms with van der Waals surface area (Å²) < 4.78 is 5.51. The van der Waals surface area contributed by atoms with Gasteiger partial charge in [0.15, 0.2) is 5.75 Å². The summed E-state index contributed by atoms with van der Waals surface area (Å²) in [6.07, 6.45) is 0. The molecule has 2 N–H and O–H groups in total. The highest BCUT2D eigenvalue weighted by molar-refractivity contribution is 5.93. The lowest BCUT2D eigenvalue weighted by Crippen LogP contribution is -2.13. The Morgan fingerprint density at radius 1 is 1.60 bits per heavy atom. The molecule has 0 radical (unpaired) electrons. The average Bonchev–Trinajstić information content (AvgIpc) is 2.40. The van der Waals surface area contributed by atoms with Crippen LogP contribution in [0.2, 0.25) is 0 Å². The van der Waals surface area contributed by atoms with Crippen LogP contribution in [0.4, 0.5) is 5.69 Å². The van der Waals surface area contributed by atoms with E-state index in [-0.39, 0.29) is 5.56 Å². The van der Waals surface area contributed by atoms with Crippen LogP contribution in [0.25, 0.3) is 0 Å². The Balaban J connectivity index is 2.42. The van der Waals surface area contributed by atoms with Crippen molar-refractivity contribution in [3.63, 3.8) is 0 Å². The van der Waals surface area contributed by atoms with Crippen molar-refractivity contribution in [2.24, 2.45) is 5.92 Å². The summed E-state index contributed by atoms with van der Waals surface area (Å²) in [6.45, 7) is 3.40. The van der Waals surface area contributed by atoms with Crippen molar-refractivity contribution in [1.82, 2.24) is 0 Å². The number of benzene rings is 1. The minimum atomic E-state index is -0.955. The second-order valence-corrected chi connectivity index (χ2v) is 3.78. The number of anilines is 1. The highest BCUT2D eigenvalue weighted by Crippen LogP contribution is 2.31. The van der Waals surface area contributed by atoms with Gasteiger partial charge in [0.05, 0.1) is 12.3 Å². The number of hydrogen-bond donors (Lipinski definition) is 2. The molecule has 0 bridgehead atoms. The third kappa shape index (κ3) is 1.88. The van der Waals surface area contributed by atoms with E-state index in [9.17, 15) is 4.79 Å². The summed E-state index contributed by atoms with van der Waals surface area (Å²) in [4.78, 5) is 11.0. The number of rotatable bonds is 1. The normalized spacial score (nSPS) is 19.4. The van der Waals surface area contributed by atoms with E-state index >= 15 is 0 Å². The number of aromatic carboxylic acids is 1. The lowest BCUT2D eigenvalue weighted by atomic mass is 10.1. The van der Waals surface area contributed by atoms with Crippen LogP contribution in [0.15, 0.2) is 18.2 Å². The molecule has 0 spiro atoms. The zero-order valence-electron chi connectivity index (χ0n) is 8.49. The van der Waals surface area contributed by atoms with Crippen LogP contribution in [0, 0.1) is 5.92 Å². The lowest BCUT2D eigenvalue weighted by molar-refractivity contribution is 0.0692. The van der Waals surface area contributed by atoms with Crippen LogP contribution in [0.5, 0.6) is 5.75 Å². The third-order valence-electron chi connectivity index (χ3n) is 2.40. The quantitative estimate of drug-likeness (QED) is 0.737. The molecule has 0 fully saturated rings. The number of carboxylic acids is 1. The topological polar surface area (TPSA) is 58.6 Å². The van der Waals surface area contributed by atoms with Crippen LogP contribution in [-0.4, -0.2) is 24.2 Å². The van der Waals surface area contributed by atoms with Gasteiger partial charge in [0.25, 0.3) is 0 Å². The van der Waals surface area contributed by atoms with Gasteiger partial charge in [0.1, 0.15) is 5.56 Å². The van der Waals surface area contributed by atoms with Crippen molar-refractivity contribution in [3.05, 3.63) is 23.8 Å². The Labute approximate surface area is 87.9 Å². The van der Waals surface area contributed by atoms with Gasteiger partial charge in [-0.1, -0.05) is 13.0 Å². The zero-order valence-corrected chi connectivity index (χ0v) is 8.49. The Kier molecular flexibility index (Phi) is 2.49. The van der Waals surface area contributed by atoms with Gasteiger partial charge in [0, 0.05) is 12.5 Å². The second-order valence-electron chi connectivity index (χ2n) is 3.78. The van der Waals surface area contributed by atoms with Gasteiger partial charge in [-0.2, -0.15) is 0 Å². The molecule has 1 atom stereocenters. The maximum Gasteiger partial charge on any atom is 0.339 e. The van der Waals surface area contributed by atoms with Gasteiger partial charge in [0.2, 0.25) is 0 Å². The van der Waals surface area contributed by atoms with Crippen LogP contribution in [0.1, 0.15) is 17.3 Å². The second kappa shape index (κ2) is 3.81. The zero-order chi connectivity index (χ0) is 10.8. The molecule has 1 heterocycles. The molecule has 15 heavy (non-hydrogen) atoms. The summed E-state index contributed by atoms with van der Waals surface area (Å²) in [6, 6.07) is 5.10. The van der Waals surface area contributed by atoms with Gasteiger partial charge in [-0.3, -0.25) is 0 Å². The molecule has 0 saturated carbocycles. The number of hydrogen-bond acceptors (Lipinski definition) is 3. The van der Waals surface area contributed by atoms with Crippen LogP contribution < -0.4 is 10.1 Å². The SMILES string of the molecule is CC1CNc2cccc(C(=O)O)c2OC1. The average molecular weight is 207 g/mol.